The molecule has 0 amide bonds. The molecule has 0 aromatic carbocycles. The van der Waals surface area contributed by atoms with Gasteiger partial charge in [-0.3, -0.25) is 9.58 Å². The summed E-state index contributed by atoms with van der Waals surface area (Å²) in [5, 5.41) is 4.56. The molecule has 2 heterocycles. The van der Waals surface area contributed by atoms with E-state index in [1.165, 1.54) is 10.2 Å². The zero-order valence-electron chi connectivity index (χ0n) is 12.2. The Labute approximate surface area is 124 Å². The Morgan fingerprint density at radius 2 is 2.00 bits per heavy atom. The van der Waals surface area contributed by atoms with Gasteiger partial charge in [-0.05, 0) is 42.1 Å². The lowest BCUT2D eigenvalue weighted by Crippen LogP contribution is -2.37. The molecule has 5 heteroatoms. The van der Waals surface area contributed by atoms with Gasteiger partial charge < -0.3 is 4.74 Å². The molecule has 1 aliphatic heterocycles. The van der Waals surface area contributed by atoms with Crippen LogP contribution in [0.15, 0.2) is 4.47 Å². The van der Waals surface area contributed by atoms with E-state index >= 15 is 0 Å². The first-order valence-electron chi connectivity index (χ1n) is 7.19. The molecule has 1 fully saturated rings. The van der Waals surface area contributed by atoms with Crippen LogP contribution in [-0.2, 0) is 24.8 Å². The second-order valence-electron chi connectivity index (χ2n) is 5.12. The Balaban J connectivity index is 1.94. The van der Waals surface area contributed by atoms with Crippen molar-refractivity contribution in [3.8, 4) is 0 Å². The summed E-state index contributed by atoms with van der Waals surface area (Å²) in [6, 6.07) is 0. The van der Waals surface area contributed by atoms with Crippen LogP contribution >= 0.6 is 15.9 Å². The number of aryl methyl sites for hydroxylation is 2. The van der Waals surface area contributed by atoms with E-state index in [-0.39, 0.29) is 0 Å². The molecule has 0 spiro atoms. The molecule has 1 aromatic rings. The summed E-state index contributed by atoms with van der Waals surface area (Å²) in [6.07, 6.45) is 3.72. The predicted octanol–water partition coefficient (Wildman–Crippen LogP) is 2.75. The largest absolute Gasteiger partial charge is 0.378 e. The molecule has 0 radical (unpaired) electrons. The third-order valence-corrected chi connectivity index (χ3v) is 4.73. The molecule has 2 rings (SSSR count). The minimum Gasteiger partial charge on any atom is -0.378 e. The maximum atomic E-state index is 5.70. The molecule has 0 unspecified atom stereocenters. The van der Waals surface area contributed by atoms with Crippen molar-refractivity contribution < 1.29 is 4.74 Å². The van der Waals surface area contributed by atoms with Gasteiger partial charge in [-0.15, -0.1) is 0 Å². The maximum Gasteiger partial charge on any atom is 0.0767 e. The summed E-state index contributed by atoms with van der Waals surface area (Å²) >= 11 is 3.69. The van der Waals surface area contributed by atoms with Crippen LogP contribution in [0.5, 0.6) is 0 Å². The van der Waals surface area contributed by atoms with E-state index in [0.717, 1.165) is 51.2 Å². The molecular formula is C14H24BrN3O. The van der Waals surface area contributed by atoms with Gasteiger partial charge in [0.05, 0.1) is 22.0 Å². The van der Waals surface area contributed by atoms with Gasteiger partial charge in [-0.2, -0.15) is 5.10 Å². The highest BCUT2D eigenvalue weighted by Gasteiger charge is 2.22. The molecule has 0 aliphatic carbocycles. The maximum absolute atomic E-state index is 5.70. The first-order valence-corrected chi connectivity index (χ1v) is 7.99. The highest BCUT2D eigenvalue weighted by molar-refractivity contribution is 9.10. The molecule has 0 atom stereocenters. The van der Waals surface area contributed by atoms with Crippen molar-refractivity contribution in [1.82, 2.24) is 14.7 Å². The topological polar surface area (TPSA) is 30.3 Å². The van der Waals surface area contributed by atoms with Gasteiger partial charge in [-0.1, -0.05) is 6.92 Å². The van der Waals surface area contributed by atoms with E-state index in [4.69, 9.17) is 4.74 Å². The van der Waals surface area contributed by atoms with E-state index in [2.05, 4.69) is 39.8 Å². The van der Waals surface area contributed by atoms with Crippen molar-refractivity contribution in [3.05, 3.63) is 15.9 Å². The van der Waals surface area contributed by atoms with Crippen molar-refractivity contribution >= 4 is 15.9 Å². The predicted molar refractivity (Wildman–Crippen MR) is 80.2 cm³/mol. The molecule has 4 nitrogen and oxygen atoms in total. The molecule has 0 bridgehead atoms. The second-order valence-corrected chi connectivity index (χ2v) is 5.91. The number of hydrogen-bond donors (Lipinski definition) is 0. The lowest BCUT2D eigenvalue weighted by molar-refractivity contribution is 0.0120. The average molecular weight is 330 g/mol. The third-order valence-electron chi connectivity index (χ3n) is 3.81. The summed E-state index contributed by atoms with van der Waals surface area (Å²) in [5.74, 6) is 0. The first-order chi connectivity index (χ1) is 9.15. The van der Waals surface area contributed by atoms with E-state index in [0.29, 0.717) is 6.10 Å². The van der Waals surface area contributed by atoms with Crippen LogP contribution in [0, 0.1) is 0 Å². The molecule has 1 saturated heterocycles. The minimum atomic E-state index is 0.461. The van der Waals surface area contributed by atoms with Crippen LogP contribution in [0.1, 0.15) is 38.1 Å². The Morgan fingerprint density at radius 3 is 2.53 bits per heavy atom. The lowest BCUT2D eigenvalue weighted by atomic mass is 10.1. The molecule has 19 heavy (non-hydrogen) atoms. The van der Waals surface area contributed by atoms with Gasteiger partial charge in [0.2, 0.25) is 0 Å². The fourth-order valence-electron chi connectivity index (χ4n) is 2.67. The highest BCUT2D eigenvalue weighted by Crippen LogP contribution is 2.24. The summed E-state index contributed by atoms with van der Waals surface area (Å²) < 4.78 is 8.89. The number of aromatic nitrogens is 2. The lowest BCUT2D eigenvalue weighted by Gasteiger charge is -2.31. The SMILES string of the molecule is CCOC1CCN(Cc2c(Br)c(CC)nn2C)CC1. The molecular weight excluding hydrogens is 306 g/mol. The summed E-state index contributed by atoms with van der Waals surface area (Å²) in [6.45, 7) is 8.25. The van der Waals surface area contributed by atoms with Crippen LogP contribution in [0.2, 0.25) is 0 Å². The second kappa shape index (κ2) is 6.86. The van der Waals surface area contributed by atoms with E-state index in [9.17, 15) is 0 Å². The zero-order chi connectivity index (χ0) is 13.8. The molecule has 0 N–H and O–H groups in total. The van der Waals surface area contributed by atoms with Gasteiger partial charge in [0, 0.05) is 33.3 Å². The minimum absolute atomic E-state index is 0.461. The number of rotatable bonds is 5. The smallest absolute Gasteiger partial charge is 0.0767 e. The first kappa shape index (κ1) is 15.0. The van der Waals surface area contributed by atoms with Gasteiger partial charge in [0.1, 0.15) is 0 Å². The Bertz CT molecular complexity index is 411. The van der Waals surface area contributed by atoms with Crippen LogP contribution in [0.3, 0.4) is 0 Å². The van der Waals surface area contributed by atoms with Gasteiger partial charge in [0.25, 0.3) is 0 Å². The van der Waals surface area contributed by atoms with Crippen LogP contribution in [0.4, 0.5) is 0 Å². The van der Waals surface area contributed by atoms with Crippen molar-refractivity contribution in [2.24, 2.45) is 7.05 Å². The van der Waals surface area contributed by atoms with Crippen LogP contribution in [-0.4, -0.2) is 40.5 Å². The van der Waals surface area contributed by atoms with Crippen molar-refractivity contribution in [2.75, 3.05) is 19.7 Å². The Morgan fingerprint density at radius 1 is 1.32 bits per heavy atom. The highest BCUT2D eigenvalue weighted by atomic mass is 79.9. The molecule has 108 valence electrons. The van der Waals surface area contributed by atoms with Gasteiger partial charge in [0.15, 0.2) is 0 Å². The number of hydrogen-bond acceptors (Lipinski definition) is 3. The number of likely N-dealkylation sites (tertiary alicyclic amines) is 1. The van der Waals surface area contributed by atoms with E-state index < -0.39 is 0 Å². The monoisotopic (exact) mass is 329 g/mol. The Kier molecular flexibility index (Phi) is 5.42. The summed E-state index contributed by atoms with van der Waals surface area (Å²) in [5.41, 5.74) is 2.44. The van der Waals surface area contributed by atoms with Gasteiger partial charge >= 0.3 is 0 Å². The van der Waals surface area contributed by atoms with Crippen molar-refractivity contribution in [2.45, 2.75) is 45.8 Å². The third kappa shape index (κ3) is 3.58. The van der Waals surface area contributed by atoms with Crippen LogP contribution < -0.4 is 0 Å². The van der Waals surface area contributed by atoms with Gasteiger partial charge in [-0.25, -0.2) is 0 Å². The number of nitrogens with zero attached hydrogens (tertiary/aromatic N) is 3. The summed E-state index contributed by atoms with van der Waals surface area (Å²) in [4.78, 5) is 2.50. The number of halogens is 1. The van der Waals surface area contributed by atoms with Crippen molar-refractivity contribution in [3.63, 3.8) is 0 Å². The normalized spacial score (nSPS) is 18.1. The quantitative estimate of drug-likeness (QED) is 0.832. The molecule has 1 aliphatic rings. The van der Waals surface area contributed by atoms with E-state index in [1.807, 2.05) is 11.7 Å². The number of piperidine rings is 1. The fraction of sp³-hybridized carbons (Fsp3) is 0.786. The van der Waals surface area contributed by atoms with E-state index in [1.54, 1.807) is 0 Å². The average Bonchev–Trinajstić information content (AvgIpc) is 2.68. The fourth-order valence-corrected chi connectivity index (χ4v) is 3.41. The number of ether oxygens (including phenoxy) is 1. The standard InChI is InChI=1S/C14H24BrN3O/c1-4-12-14(15)13(17(3)16-12)10-18-8-6-11(7-9-18)19-5-2/h11H,4-10H2,1-3H3. The molecule has 0 saturated carbocycles. The zero-order valence-corrected chi connectivity index (χ0v) is 13.7. The van der Waals surface area contributed by atoms with Crippen LogP contribution in [0.25, 0.3) is 0 Å². The van der Waals surface area contributed by atoms with Crippen molar-refractivity contribution in [1.29, 1.82) is 0 Å². The summed E-state index contributed by atoms with van der Waals surface area (Å²) in [7, 11) is 2.03. The Hall–Kier alpha value is -0.390. The molecule has 1 aromatic heterocycles.